The Bertz CT molecular complexity index is 1510. The molecule has 2 aliphatic rings. The number of imidazole rings is 1. The minimum absolute atomic E-state index is 1.05. The third-order valence-corrected chi connectivity index (χ3v) is 8.54. The first-order valence-corrected chi connectivity index (χ1v) is 14.3. The van der Waals surface area contributed by atoms with Gasteiger partial charge in [0.05, 0.1) is 17.4 Å². The quantitative estimate of drug-likeness (QED) is 0.240. The van der Waals surface area contributed by atoms with Crippen LogP contribution in [-0.2, 0) is 0 Å². The van der Waals surface area contributed by atoms with Gasteiger partial charge in [0.2, 0.25) is 0 Å². The first-order valence-electron chi connectivity index (χ1n) is 14.3. The van der Waals surface area contributed by atoms with Crippen molar-refractivity contribution in [3.63, 3.8) is 0 Å². The maximum Gasteiger partial charge on any atom is 0.145 e. The average molecular weight is 489 g/mol. The summed E-state index contributed by atoms with van der Waals surface area (Å²) in [6.45, 7) is 4.54. The summed E-state index contributed by atoms with van der Waals surface area (Å²) in [4.78, 5) is 10.4. The summed E-state index contributed by atoms with van der Waals surface area (Å²) >= 11 is 0. The molecule has 2 aliphatic heterocycles. The molecular weight excluding hydrogens is 452 g/mol. The Morgan fingerprint density at radius 3 is 1.68 bits per heavy atom. The fourth-order valence-corrected chi connectivity index (χ4v) is 6.71. The van der Waals surface area contributed by atoms with Crippen LogP contribution in [0.15, 0.2) is 72.9 Å². The van der Waals surface area contributed by atoms with E-state index in [1.807, 2.05) is 0 Å². The second kappa shape index (κ2) is 9.74. The molecule has 0 amide bonds. The van der Waals surface area contributed by atoms with Crippen LogP contribution in [0.1, 0.15) is 51.4 Å². The van der Waals surface area contributed by atoms with Gasteiger partial charge in [-0.15, -0.1) is 0 Å². The van der Waals surface area contributed by atoms with Gasteiger partial charge >= 0.3 is 0 Å². The van der Waals surface area contributed by atoms with Gasteiger partial charge in [-0.25, -0.2) is 4.98 Å². The summed E-state index contributed by atoms with van der Waals surface area (Å²) in [5.74, 6) is 0. The van der Waals surface area contributed by atoms with E-state index in [2.05, 4.69) is 87.1 Å². The average Bonchev–Trinajstić information content (AvgIpc) is 3.11. The Morgan fingerprint density at radius 2 is 1.05 bits per heavy atom. The Kier molecular flexibility index (Phi) is 5.96. The van der Waals surface area contributed by atoms with Crippen molar-refractivity contribution in [2.24, 2.45) is 0 Å². The molecule has 37 heavy (non-hydrogen) atoms. The highest BCUT2D eigenvalue weighted by Gasteiger charge is 2.24. The predicted molar refractivity (Wildman–Crippen MR) is 157 cm³/mol. The van der Waals surface area contributed by atoms with Crippen LogP contribution in [0.2, 0.25) is 0 Å². The van der Waals surface area contributed by atoms with Gasteiger partial charge in [-0.1, -0.05) is 74.2 Å². The highest BCUT2D eigenvalue weighted by molar-refractivity contribution is 6.12. The van der Waals surface area contributed by atoms with Crippen molar-refractivity contribution in [1.29, 1.82) is 0 Å². The van der Waals surface area contributed by atoms with Crippen LogP contribution >= 0.6 is 0 Å². The monoisotopic (exact) mass is 488 g/mol. The lowest BCUT2D eigenvalue weighted by Crippen LogP contribution is -2.28. The topological polar surface area (TPSA) is 23.8 Å². The second-order valence-electron chi connectivity index (χ2n) is 10.8. The fourth-order valence-electron chi connectivity index (χ4n) is 6.71. The molecule has 2 saturated heterocycles. The SMILES string of the molecule is c1cc(N2CCCCCC2)c(-c2cnc3c4ccccc4c4ccccc4n23)c(N2CCCCCC2)c1. The molecule has 4 nitrogen and oxygen atoms in total. The Labute approximate surface area is 219 Å². The largest absolute Gasteiger partial charge is 0.371 e. The Hall–Kier alpha value is -3.53. The fraction of sp³-hybridized carbons (Fsp3) is 0.364. The number of hydrogen-bond acceptors (Lipinski definition) is 3. The summed E-state index contributed by atoms with van der Waals surface area (Å²) in [5, 5.41) is 3.78. The van der Waals surface area contributed by atoms with Crippen LogP contribution < -0.4 is 9.80 Å². The molecule has 2 fully saturated rings. The van der Waals surface area contributed by atoms with E-state index >= 15 is 0 Å². The number of rotatable bonds is 3. The number of anilines is 2. The van der Waals surface area contributed by atoms with Gasteiger partial charge in [0.1, 0.15) is 5.65 Å². The van der Waals surface area contributed by atoms with Crippen LogP contribution in [0.3, 0.4) is 0 Å². The van der Waals surface area contributed by atoms with E-state index in [9.17, 15) is 0 Å². The number of nitrogens with zero attached hydrogens (tertiary/aromatic N) is 4. The smallest absolute Gasteiger partial charge is 0.145 e. The van der Waals surface area contributed by atoms with E-state index in [0.29, 0.717) is 0 Å². The molecule has 4 heteroatoms. The summed E-state index contributed by atoms with van der Waals surface area (Å²) in [5.41, 5.74) is 7.62. The minimum Gasteiger partial charge on any atom is -0.371 e. The zero-order chi connectivity index (χ0) is 24.6. The highest BCUT2D eigenvalue weighted by Crippen LogP contribution is 2.43. The van der Waals surface area contributed by atoms with E-state index < -0.39 is 0 Å². The molecule has 0 aliphatic carbocycles. The van der Waals surface area contributed by atoms with E-state index in [1.54, 1.807) is 0 Å². The summed E-state index contributed by atoms with van der Waals surface area (Å²) < 4.78 is 2.44. The molecular formula is C33H36N4. The van der Waals surface area contributed by atoms with Gasteiger partial charge in [-0.3, -0.25) is 4.40 Å². The number of pyridine rings is 1. The summed E-state index contributed by atoms with van der Waals surface area (Å²) in [6, 6.07) is 24.6. The lowest BCUT2D eigenvalue weighted by molar-refractivity contribution is 0.726. The van der Waals surface area contributed by atoms with Crippen molar-refractivity contribution in [1.82, 2.24) is 9.38 Å². The number of aromatic nitrogens is 2. The summed E-state index contributed by atoms with van der Waals surface area (Å²) in [6.07, 6.45) is 12.6. The van der Waals surface area contributed by atoms with Gasteiger partial charge in [0.25, 0.3) is 0 Å². The van der Waals surface area contributed by atoms with Gasteiger partial charge in [0.15, 0.2) is 0 Å². The molecule has 0 atom stereocenters. The van der Waals surface area contributed by atoms with Gasteiger partial charge in [-0.05, 0) is 49.3 Å². The Morgan fingerprint density at radius 1 is 0.514 bits per heavy atom. The van der Waals surface area contributed by atoms with Crippen molar-refractivity contribution >= 4 is 38.7 Å². The van der Waals surface area contributed by atoms with Crippen molar-refractivity contribution in [2.45, 2.75) is 51.4 Å². The zero-order valence-corrected chi connectivity index (χ0v) is 21.7. The van der Waals surface area contributed by atoms with Gasteiger partial charge in [0, 0.05) is 53.9 Å². The molecule has 0 radical (unpaired) electrons. The third kappa shape index (κ3) is 3.94. The molecule has 0 bridgehead atoms. The number of hydrogen-bond donors (Lipinski definition) is 0. The zero-order valence-electron chi connectivity index (χ0n) is 21.7. The normalized spacial score (nSPS) is 17.4. The predicted octanol–water partition coefficient (Wildman–Crippen LogP) is 8.07. The standard InChI is InChI=1S/C33H36N4/c1-2-10-21-35(20-9-1)29-18-13-19-30(36-22-11-3-4-12-23-36)32(29)31-24-34-33-27-16-6-5-14-25(27)26-15-7-8-17-28(26)37(31)33/h5-8,13-19,24H,1-4,9-12,20-23H2. The third-order valence-electron chi connectivity index (χ3n) is 8.54. The number of benzene rings is 3. The van der Waals surface area contributed by atoms with Crippen molar-refractivity contribution < 1.29 is 0 Å². The van der Waals surface area contributed by atoms with E-state index in [-0.39, 0.29) is 0 Å². The maximum atomic E-state index is 5.11. The van der Waals surface area contributed by atoms with Crippen molar-refractivity contribution in [3.05, 3.63) is 72.9 Å². The molecule has 0 N–H and O–H groups in total. The van der Waals surface area contributed by atoms with Crippen LogP contribution in [0.5, 0.6) is 0 Å². The second-order valence-corrected chi connectivity index (χ2v) is 10.8. The van der Waals surface area contributed by atoms with Crippen molar-refractivity contribution in [2.75, 3.05) is 36.0 Å². The molecule has 3 aromatic carbocycles. The van der Waals surface area contributed by atoms with Gasteiger partial charge < -0.3 is 9.80 Å². The lowest BCUT2D eigenvalue weighted by atomic mass is 10.0. The van der Waals surface area contributed by atoms with E-state index in [4.69, 9.17) is 4.98 Å². The molecule has 4 heterocycles. The van der Waals surface area contributed by atoms with Crippen LogP contribution in [0, 0.1) is 0 Å². The van der Waals surface area contributed by atoms with Crippen LogP contribution in [-0.4, -0.2) is 35.6 Å². The van der Waals surface area contributed by atoms with E-state index in [1.165, 1.54) is 95.7 Å². The van der Waals surface area contributed by atoms with E-state index in [0.717, 1.165) is 31.8 Å². The highest BCUT2D eigenvalue weighted by atomic mass is 15.2. The van der Waals surface area contributed by atoms with Crippen molar-refractivity contribution in [3.8, 4) is 11.3 Å². The molecule has 0 unspecified atom stereocenters. The lowest BCUT2D eigenvalue weighted by Gasteiger charge is -2.31. The molecule has 0 saturated carbocycles. The molecule has 7 rings (SSSR count). The maximum absolute atomic E-state index is 5.11. The molecule has 5 aromatic rings. The first kappa shape index (κ1) is 22.7. The molecule has 188 valence electrons. The van der Waals surface area contributed by atoms with Crippen LogP contribution in [0.4, 0.5) is 11.4 Å². The minimum atomic E-state index is 1.05. The molecule has 0 spiro atoms. The Balaban J connectivity index is 1.54. The summed E-state index contributed by atoms with van der Waals surface area (Å²) in [7, 11) is 0. The number of fused-ring (bicyclic) bond motifs is 6. The van der Waals surface area contributed by atoms with Crippen LogP contribution in [0.25, 0.3) is 38.6 Å². The first-order chi connectivity index (χ1) is 18.4. The van der Waals surface area contributed by atoms with Gasteiger partial charge in [-0.2, -0.15) is 0 Å². The molecule has 2 aromatic heterocycles. The number of para-hydroxylation sites is 1.